The summed E-state index contributed by atoms with van der Waals surface area (Å²) >= 11 is 1.76. The van der Waals surface area contributed by atoms with E-state index in [1.54, 1.807) is 18.4 Å². The van der Waals surface area contributed by atoms with Gasteiger partial charge in [-0.3, -0.25) is 9.69 Å². The first-order valence-electron chi connectivity index (χ1n) is 10.9. The lowest BCUT2D eigenvalue weighted by Crippen LogP contribution is -2.35. The van der Waals surface area contributed by atoms with Gasteiger partial charge < -0.3 is 14.2 Å². The van der Waals surface area contributed by atoms with Gasteiger partial charge in [-0.15, -0.1) is 11.3 Å². The molecule has 31 heavy (non-hydrogen) atoms. The number of hydrogen-bond acceptors (Lipinski definition) is 4. The third-order valence-corrected chi connectivity index (χ3v) is 7.00. The van der Waals surface area contributed by atoms with E-state index in [0.29, 0.717) is 0 Å². The molecule has 0 atom stereocenters. The first kappa shape index (κ1) is 21.7. The number of thiophene rings is 1. The first-order chi connectivity index (χ1) is 15.0. The molecule has 164 valence electrons. The lowest BCUT2D eigenvalue weighted by molar-refractivity contribution is 0.0760. The van der Waals surface area contributed by atoms with Crippen LogP contribution >= 0.6 is 11.3 Å². The third kappa shape index (κ3) is 5.02. The van der Waals surface area contributed by atoms with Crippen molar-refractivity contribution in [2.24, 2.45) is 0 Å². The average molecular weight is 438 g/mol. The Balaban J connectivity index is 1.40. The van der Waals surface area contributed by atoms with Crippen molar-refractivity contribution in [2.45, 2.75) is 33.4 Å². The molecule has 5 nitrogen and oxygen atoms in total. The fourth-order valence-corrected chi connectivity index (χ4v) is 5.00. The topological polar surface area (TPSA) is 37.7 Å². The van der Waals surface area contributed by atoms with E-state index in [1.165, 1.54) is 10.4 Å². The maximum Gasteiger partial charge on any atom is 0.255 e. The molecule has 0 bridgehead atoms. The summed E-state index contributed by atoms with van der Waals surface area (Å²) in [5.41, 5.74) is 4.33. The molecule has 0 spiro atoms. The Labute approximate surface area is 188 Å². The summed E-state index contributed by atoms with van der Waals surface area (Å²) in [6.45, 7) is 9.38. The third-order valence-electron chi connectivity index (χ3n) is 6.14. The van der Waals surface area contributed by atoms with Crippen molar-refractivity contribution < 1.29 is 9.53 Å². The largest absolute Gasteiger partial charge is 0.497 e. The van der Waals surface area contributed by atoms with Gasteiger partial charge in [0.1, 0.15) is 5.75 Å². The number of nitrogens with zero attached hydrogens (tertiary/aromatic N) is 3. The van der Waals surface area contributed by atoms with Gasteiger partial charge in [-0.1, -0.05) is 18.2 Å². The highest BCUT2D eigenvalue weighted by Crippen LogP contribution is 2.22. The Morgan fingerprint density at radius 1 is 1.03 bits per heavy atom. The number of methoxy groups -OCH3 is 1. The molecule has 2 aromatic heterocycles. The van der Waals surface area contributed by atoms with Crippen molar-refractivity contribution in [3.8, 4) is 5.75 Å². The Morgan fingerprint density at radius 3 is 2.55 bits per heavy atom. The van der Waals surface area contributed by atoms with Gasteiger partial charge in [-0.2, -0.15) is 0 Å². The number of aromatic nitrogens is 1. The van der Waals surface area contributed by atoms with Crippen molar-refractivity contribution in [1.82, 2.24) is 14.4 Å². The van der Waals surface area contributed by atoms with E-state index in [0.717, 1.165) is 68.4 Å². The fourth-order valence-electron chi connectivity index (χ4n) is 4.31. The zero-order valence-electron chi connectivity index (χ0n) is 18.6. The van der Waals surface area contributed by atoms with Gasteiger partial charge in [0.25, 0.3) is 5.91 Å². The first-order valence-corrected chi connectivity index (χ1v) is 11.8. The van der Waals surface area contributed by atoms with Crippen molar-refractivity contribution in [3.63, 3.8) is 0 Å². The van der Waals surface area contributed by atoms with E-state index in [4.69, 9.17) is 4.74 Å². The van der Waals surface area contributed by atoms with Crippen LogP contribution < -0.4 is 4.74 Å². The normalized spacial score (nSPS) is 15.1. The molecule has 0 N–H and O–H groups in total. The highest BCUT2D eigenvalue weighted by Gasteiger charge is 2.24. The smallest absolute Gasteiger partial charge is 0.255 e. The molecule has 1 amide bonds. The quantitative estimate of drug-likeness (QED) is 0.567. The highest BCUT2D eigenvalue weighted by molar-refractivity contribution is 7.09. The number of amides is 1. The SMILES string of the molecule is COc1ccc(CN2CCCN(C(=O)c3cc(C)n(Cc4cccs4)c3C)CC2)cc1. The second kappa shape index (κ2) is 9.71. The minimum absolute atomic E-state index is 0.164. The van der Waals surface area contributed by atoms with Gasteiger partial charge >= 0.3 is 0 Å². The van der Waals surface area contributed by atoms with Gasteiger partial charge in [0.2, 0.25) is 0 Å². The van der Waals surface area contributed by atoms with Crippen molar-refractivity contribution >= 4 is 17.2 Å². The summed E-state index contributed by atoms with van der Waals surface area (Å²) in [6, 6.07) is 14.5. The Hall–Kier alpha value is -2.57. The molecule has 1 aromatic carbocycles. The summed E-state index contributed by atoms with van der Waals surface area (Å²) in [5.74, 6) is 1.05. The molecule has 3 heterocycles. The minimum Gasteiger partial charge on any atom is -0.497 e. The van der Waals surface area contributed by atoms with E-state index >= 15 is 0 Å². The lowest BCUT2D eigenvalue weighted by Gasteiger charge is -2.22. The van der Waals surface area contributed by atoms with Crippen LogP contribution in [0, 0.1) is 13.8 Å². The maximum absolute atomic E-state index is 13.4. The van der Waals surface area contributed by atoms with Crippen molar-refractivity contribution in [1.29, 1.82) is 0 Å². The van der Waals surface area contributed by atoms with E-state index in [2.05, 4.69) is 59.0 Å². The monoisotopic (exact) mass is 437 g/mol. The van der Waals surface area contributed by atoms with Crippen molar-refractivity contribution in [3.05, 3.63) is 75.2 Å². The van der Waals surface area contributed by atoms with Crippen LogP contribution in [0.15, 0.2) is 47.8 Å². The summed E-state index contributed by atoms with van der Waals surface area (Å²) < 4.78 is 7.51. The van der Waals surface area contributed by atoms with Crippen LogP contribution in [0.1, 0.15) is 38.6 Å². The molecule has 6 heteroatoms. The predicted octanol–water partition coefficient (Wildman–Crippen LogP) is 4.57. The zero-order valence-corrected chi connectivity index (χ0v) is 19.5. The van der Waals surface area contributed by atoms with Crippen LogP contribution in [0.4, 0.5) is 0 Å². The number of rotatable bonds is 6. The van der Waals surface area contributed by atoms with Crippen LogP contribution in [0.5, 0.6) is 5.75 Å². The van der Waals surface area contributed by atoms with E-state index in [-0.39, 0.29) is 5.91 Å². The van der Waals surface area contributed by atoms with E-state index in [9.17, 15) is 4.79 Å². The van der Waals surface area contributed by atoms with E-state index < -0.39 is 0 Å². The highest BCUT2D eigenvalue weighted by atomic mass is 32.1. The summed E-state index contributed by atoms with van der Waals surface area (Å²) in [5, 5.41) is 2.10. The average Bonchev–Trinajstić information content (AvgIpc) is 3.31. The fraction of sp³-hybridized carbons (Fsp3) is 0.400. The number of benzene rings is 1. The summed E-state index contributed by atoms with van der Waals surface area (Å²) in [7, 11) is 1.69. The number of hydrogen-bond donors (Lipinski definition) is 0. The number of carbonyl (C=O) groups is 1. The number of aryl methyl sites for hydroxylation is 1. The summed E-state index contributed by atoms with van der Waals surface area (Å²) in [4.78, 5) is 19.1. The van der Waals surface area contributed by atoms with Crippen LogP contribution in [0.3, 0.4) is 0 Å². The van der Waals surface area contributed by atoms with Gasteiger partial charge in [0.15, 0.2) is 0 Å². The molecule has 3 aromatic rings. The Morgan fingerprint density at radius 2 is 1.84 bits per heavy atom. The van der Waals surface area contributed by atoms with Gasteiger partial charge in [-0.05, 0) is 55.5 Å². The zero-order chi connectivity index (χ0) is 21.8. The van der Waals surface area contributed by atoms with Gasteiger partial charge in [-0.25, -0.2) is 0 Å². The molecule has 0 radical (unpaired) electrons. The Kier molecular flexibility index (Phi) is 6.78. The van der Waals surface area contributed by atoms with Crippen molar-refractivity contribution in [2.75, 3.05) is 33.3 Å². The Bertz CT molecular complexity index is 1010. The van der Waals surface area contributed by atoms with Crippen LogP contribution in [0.2, 0.25) is 0 Å². The summed E-state index contributed by atoms with van der Waals surface area (Å²) in [6.07, 6.45) is 0.996. The predicted molar refractivity (Wildman–Crippen MR) is 126 cm³/mol. The number of ether oxygens (including phenoxy) is 1. The maximum atomic E-state index is 13.4. The molecule has 0 unspecified atom stereocenters. The number of carbonyl (C=O) groups excluding carboxylic acids is 1. The van der Waals surface area contributed by atoms with E-state index in [1.807, 2.05) is 17.0 Å². The molecule has 1 saturated heterocycles. The second-order valence-corrected chi connectivity index (χ2v) is 9.25. The molecule has 0 aliphatic carbocycles. The van der Waals surface area contributed by atoms with Gasteiger partial charge in [0, 0.05) is 49.0 Å². The molecule has 1 aliphatic rings. The van der Waals surface area contributed by atoms with Crippen LogP contribution in [0.25, 0.3) is 0 Å². The van der Waals surface area contributed by atoms with Crippen LogP contribution in [-0.2, 0) is 13.1 Å². The standard InChI is InChI=1S/C25H31N3O2S/c1-19-16-24(20(2)28(19)18-23-6-4-15-31-23)25(29)27-12-5-11-26(13-14-27)17-21-7-9-22(30-3)10-8-21/h4,6-10,15-16H,5,11-14,17-18H2,1-3H3. The molecule has 0 saturated carbocycles. The van der Waals surface area contributed by atoms with Gasteiger partial charge in [0.05, 0.1) is 19.2 Å². The molecular formula is C25H31N3O2S. The lowest BCUT2D eigenvalue weighted by atomic mass is 10.2. The van der Waals surface area contributed by atoms with Crippen LogP contribution in [-0.4, -0.2) is 53.6 Å². The molecule has 4 rings (SSSR count). The molecular weight excluding hydrogens is 406 g/mol. The second-order valence-electron chi connectivity index (χ2n) is 8.22. The molecule has 1 aliphatic heterocycles. The molecule has 1 fully saturated rings. The minimum atomic E-state index is 0.164.